The van der Waals surface area contributed by atoms with Crippen LogP contribution in [0.1, 0.15) is 10.4 Å². The van der Waals surface area contributed by atoms with Crippen LogP contribution in [0.3, 0.4) is 0 Å². The number of nitrogens with one attached hydrogen (secondary N) is 2. The van der Waals surface area contributed by atoms with Gasteiger partial charge in [-0.05, 0) is 48.5 Å². The van der Waals surface area contributed by atoms with Crippen molar-refractivity contribution in [2.24, 2.45) is 5.73 Å². The molecule has 0 aliphatic rings. The number of hydrogen-bond donors (Lipinski definition) is 4. The molecule has 6 nitrogen and oxygen atoms in total. The molecule has 0 atom stereocenters. The lowest BCUT2D eigenvalue weighted by atomic mass is 10.2. The molecule has 0 heterocycles. The summed E-state index contributed by atoms with van der Waals surface area (Å²) in [6, 6.07) is 12.7. The fraction of sp³-hybridized carbons (Fsp3) is 0. The molecule has 0 aliphatic carbocycles. The molecule has 0 aromatic heterocycles. The fourth-order valence-corrected chi connectivity index (χ4v) is 1.58. The fourth-order valence-electron chi connectivity index (χ4n) is 1.58. The highest BCUT2D eigenvalue weighted by Gasteiger charge is 2.04. The zero-order valence-electron chi connectivity index (χ0n) is 10.6. The molecule has 0 unspecified atom stereocenters. The molecule has 20 heavy (non-hydrogen) atoms. The van der Waals surface area contributed by atoms with Gasteiger partial charge in [0, 0.05) is 22.6 Å². The average molecular weight is 270 g/mol. The van der Waals surface area contributed by atoms with Crippen molar-refractivity contribution in [3.05, 3.63) is 54.1 Å². The van der Waals surface area contributed by atoms with Crippen LogP contribution in [0.15, 0.2) is 48.5 Å². The lowest BCUT2D eigenvalue weighted by molar-refractivity contribution is 0.100. The predicted octanol–water partition coefficient (Wildman–Crippen LogP) is 2.01. The monoisotopic (exact) mass is 270 g/mol. The quantitative estimate of drug-likeness (QED) is 0.640. The first-order valence-corrected chi connectivity index (χ1v) is 5.88. The molecule has 6 N–H and O–H groups in total. The van der Waals surface area contributed by atoms with E-state index in [1.807, 2.05) is 0 Å². The van der Waals surface area contributed by atoms with Crippen molar-refractivity contribution in [2.45, 2.75) is 0 Å². The van der Waals surface area contributed by atoms with Gasteiger partial charge in [0.15, 0.2) is 0 Å². The zero-order chi connectivity index (χ0) is 14.5. The molecular formula is C14H14N4O2. The Morgan fingerprint density at radius 2 is 1.25 bits per heavy atom. The van der Waals surface area contributed by atoms with Gasteiger partial charge in [-0.15, -0.1) is 0 Å². The van der Waals surface area contributed by atoms with Crippen LogP contribution in [0.5, 0.6) is 0 Å². The second-order valence-electron chi connectivity index (χ2n) is 4.14. The summed E-state index contributed by atoms with van der Waals surface area (Å²) in [6.07, 6.45) is 0. The number of carbonyl (C=O) groups is 2. The van der Waals surface area contributed by atoms with Crippen molar-refractivity contribution in [1.82, 2.24) is 0 Å². The molecule has 0 spiro atoms. The van der Waals surface area contributed by atoms with Gasteiger partial charge in [-0.2, -0.15) is 0 Å². The molecule has 2 aromatic carbocycles. The van der Waals surface area contributed by atoms with Crippen LogP contribution in [0.25, 0.3) is 0 Å². The number of primary amides is 1. The Morgan fingerprint density at radius 1 is 0.800 bits per heavy atom. The molecule has 0 saturated carbocycles. The van der Waals surface area contributed by atoms with E-state index in [-0.39, 0.29) is 6.03 Å². The summed E-state index contributed by atoms with van der Waals surface area (Å²) in [5.41, 5.74) is 12.9. The van der Waals surface area contributed by atoms with E-state index in [1.165, 1.54) is 0 Å². The summed E-state index contributed by atoms with van der Waals surface area (Å²) in [6.45, 7) is 0. The number of nitrogens with two attached hydrogens (primary N) is 2. The SMILES string of the molecule is NC(=O)c1ccc(NC(=O)Nc2ccc(N)cc2)cc1. The van der Waals surface area contributed by atoms with Gasteiger partial charge in [-0.25, -0.2) is 4.79 Å². The van der Waals surface area contributed by atoms with Gasteiger partial charge >= 0.3 is 6.03 Å². The molecule has 6 heteroatoms. The van der Waals surface area contributed by atoms with Crippen molar-refractivity contribution < 1.29 is 9.59 Å². The first kappa shape index (κ1) is 13.4. The van der Waals surface area contributed by atoms with Gasteiger partial charge in [-0.1, -0.05) is 0 Å². The smallest absolute Gasteiger partial charge is 0.323 e. The molecule has 102 valence electrons. The first-order chi connectivity index (χ1) is 9.54. The van der Waals surface area contributed by atoms with Crippen LogP contribution in [0, 0.1) is 0 Å². The Balaban J connectivity index is 1.97. The van der Waals surface area contributed by atoms with Gasteiger partial charge in [0.25, 0.3) is 0 Å². The summed E-state index contributed by atoms with van der Waals surface area (Å²) < 4.78 is 0. The molecule has 3 amide bonds. The second kappa shape index (κ2) is 5.75. The highest BCUT2D eigenvalue weighted by Crippen LogP contribution is 2.12. The summed E-state index contributed by atoms with van der Waals surface area (Å²) in [5.74, 6) is -0.511. The molecule has 0 fully saturated rings. The van der Waals surface area contributed by atoms with Crippen LogP contribution >= 0.6 is 0 Å². The van der Waals surface area contributed by atoms with Crippen molar-refractivity contribution in [3.63, 3.8) is 0 Å². The van der Waals surface area contributed by atoms with Crippen molar-refractivity contribution in [1.29, 1.82) is 0 Å². The van der Waals surface area contributed by atoms with E-state index in [2.05, 4.69) is 10.6 Å². The standard InChI is InChI=1S/C14H14N4O2/c15-10-3-7-12(8-4-10)18-14(20)17-11-5-1-9(2-6-11)13(16)19/h1-8H,15H2,(H2,16,19)(H2,17,18,20). The van der Waals surface area contributed by atoms with E-state index in [4.69, 9.17) is 11.5 Å². The molecule has 2 rings (SSSR count). The molecule has 0 saturated heterocycles. The lowest BCUT2D eigenvalue weighted by Crippen LogP contribution is -2.19. The minimum absolute atomic E-state index is 0.384. The Kier molecular flexibility index (Phi) is 3.85. The first-order valence-electron chi connectivity index (χ1n) is 5.88. The van der Waals surface area contributed by atoms with Gasteiger partial charge in [-0.3, -0.25) is 4.79 Å². The molecular weight excluding hydrogens is 256 g/mol. The maximum atomic E-state index is 11.7. The number of anilines is 3. The maximum Gasteiger partial charge on any atom is 0.323 e. The summed E-state index contributed by atoms with van der Waals surface area (Å²) in [4.78, 5) is 22.7. The van der Waals surface area contributed by atoms with Gasteiger partial charge in [0.1, 0.15) is 0 Å². The Bertz CT molecular complexity index is 621. The summed E-state index contributed by atoms with van der Waals surface area (Å²) in [5, 5.41) is 5.30. The Morgan fingerprint density at radius 3 is 1.70 bits per heavy atom. The topological polar surface area (TPSA) is 110 Å². The van der Waals surface area contributed by atoms with Crippen LogP contribution in [-0.4, -0.2) is 11.9 Å². The third-order valence-corrected chi connectivity index (χ3v) is 2.60. The van der Waals surface area contributed by atoms with Crippen LogP contribution in [-0.2, 0) is 0 Å². The van der Waals surface area contributed by atoms with E-state index in [9.17, 15) is 9.59 Å². The number of hydrogen-bond acceptors (Lipinski definition) is 3. The molecule has 0 radical (unpaired) electrons. The largest absolute Gasteiger partial charge is 0.399 e. The number of carbonyl (C=O) groups excluding carboxylic acids is 2. The van der Waals surface area contributed by atoms with Crippen molar-refractivity contribution in [3.8, 4) is 0 Å². The number of nitrogen functional groups attached to an aromatic ring is 1. The van der Waals surface area contributed by atoms with Crippen molar-refractivity contribution in [2.75, 3.05) is 16.4 Å². The summed E-state index contributed by atoms with van der Waals surface area (Å²) in [7, 11) is 0. The van der Waals surface area contributed by atoms with E-state index >= 15 is 0 Å². The predicted molar refractivity (Wildman–Crippen MR) is 78.5 cm³/mol. The van der Waals surface area contributed by atoms with E-state index < -0.39 is 5.91 Å². The zero-order valence-corrected chi connectivity index (χ0v) is 10.6. The number of amides is 3. The van der Waals surface area contributed by atoms with Crippen LogP contribution < -0.4 is 22.1 Å². The number of rotatable bonds is 3. The van der Waals surface area contributed by atoms with Crippen LogP contribution in [0.2, 0.25) is 0 Å². The van der Waals surface area contributed by atoms with E-state index in [1.54, 1.807) is 48.5 Å². The maximum absolute atomic E-state index is 11.7. The van der Waals surface area contributed by atoms with Crippen molar-refractivity contribution >= 4 is 29.0 Å². The molecule has 0 aliphatic heterocycles. The normalized spacial score (nSPS) is 9.80. The van der Waals surface area contributed by atoms with Gasteiger partial charge in [0.2, 0.25) is 5.91 Å². The average Bonchev–Trinajstić information content (AvgIpc) is 2.42. The highest BCUT2D eigenvalue weighted by molar-refractivity contribution is 6.00. The van der Waals surface area contributed by atoms with Gasteiger partial charge in [0.05, 0.1) is 0 Å². The Hall–Kier alpha value is -3.02. The number of benzene rings is 2. The van der Waals surface area contributed by atoms with E-state index in [0.29, 0.717) is 22.6 Å². The highest BCUT2D eigenvalue weighted by atomic mass is 16.2. The molecule has 0 bridgehead atoms. The van der Waals surface area contributed by atoms with Gasteiger partial charge < -0.3 is 22.1 Å². The lowest BCUT2D eigenvalue weighted by Gasteiger charge is -2.08. The minimum Gasteiger partial charge on any atom is -0.399 e. The number of urea groups is 1. The summed E-state index contributed by atoms with van der Waals surface area (Å²) >= 11 is 0. The third kappa shape index (κ3) is 3.49. The van der Waals surface area contributed by atoms with E-state index in [0.717, 1.165) is 0 Å². The second-order valence-corrected chi connectivity index (χ2v) is 4.14. The minimum atomic E-state index is -0.511. The third-order valence-electron chi connectivity index (χ3n) is 2.60. The Labute approximate surface area is 115 Å². The van der Waals surface area contributed by atoms with Crippen LogP contribution in [0.4, 0.5) is 21.9 Å². The molecule has 2 aromatic rings.